The van der Waals surface area contributed by atoms with Crippen molar-refractivity contribution in [3.8, 4) is 0 Å². The third kappa shape index (κ3) is 2.03. The van der Waals surface area contributed by atoms with Crippen LogP contribution in [0, 0.1) is 10.1 Å². The lowest BCUT2D eigenvalue weighted by molar-refractivity contribution is -0.384. The van der Waals surface area contributed by atoms with Gasteiger partial charge in [0.05, 0.1) is 4.92 Å². The van der Waals surface area contributed by atoms with Gasteiger partial charge in [0.2, 0.25) is 0 Å². The smallest absolute Gasteiger partial charge is 0.287 e. The minimum Gasteiger partial charge on any atom is -0.295 e. The first-order chi connectivity index (χ1) is 6.02. The minimum atomic E-state index is -0.591. The fourth-order valence-electron chi connectivity index (χ4n) is 0.874. The molecule has 0 amide bonds. The third-order valence-corrected chi connectivity index (χ3v) is 1.85. The van der Waals surface area contributed by atoms with Gasteiger partial charge >= 0.3 is 0 Å². The van der Waals surface area contributed by atoms with Crippen LogP contribution in [0.15, 0.2) is 18.2 Å². The number of halogens is 1. The van der Waals surface area contributed by atoms with Crippen LogP contribution < -0.4 is 0 Å². The largest absolute Gasteiger partial charge is 0.295 e. The van der Waals surface area contributed by atoms with Gasteiger partial charge in [0.25, 0.3) is 5.69 Å². The zero-order valence-electron chi connectivity index (χ0n) is 6.78. The standard InChI is InChI=1S/C8H6ClNO3/c1-5(11)6-2-3-8(10(12)13)7(9)4-6/h2-4H,1H3. The molecule has 0 aromatic heterocycles. The number of ketones is 1. The predicted octanol–water partition coefficient (Wildman–Crippen LogP) is 2.45. The van der Waals surface area contributed by atoms with Crippen molar-refractivity contribution in [3.63, 3.8) is 0 Å². The number of hydrogen-bond donors (Lipinski definition) is 0. The maximum atomic E-state index is 10.9. The lowest BCUT2D eigenvalue weighted by atomic mass is 10.1. The van der Waals surface area contributed by atoms with Gasteiger partial charge in [-0.3, -0.25) is 14.9 Å². The number of carbonyl (C=O) groups excluding carboxylic acids is 1. The van der Waals surface area contributed by atoms with E-state index < -0.39 is 4.92 Å². The molecule has 4 nitrogen and oxygen atoms in total. The highest BCUT2D eigenvalue weighted by molar-refractivity contribution is 6.33. The van der Waals surface area contributed by atoms with Gasteiger partial charge in [-0.25, -0.2) is 0 Å². The summed E-state index contributed by atoms with van der Waals surface area (Å²) in [5, 5.41) is 10.3. The summed E-state index contributed by atoms with van der Waals surface area (Å²) >= 11 is 5.57. The third-order valence-electron chi connectivity index (χ3n) is 1.55. The van der Waals surface area contributed by atoms with Crippen LogP contribution in [0.5, 0.6) is 0 Å². The summed E-state index contributed by atoms with van der Waals surface area (Å²) in [6, 6.07) is 3.90. The van der Waals surface area contributed by atoms with Gasteiger partial charge in [0, 0.05) is 11.6 Å². The molecule has 1 aromatic rings. The van der Waals surface area contributed by atoms with Gasteiger partial charge in [-0.1, -0.05) is 11.6 Å². The van der Waals surface area contributed by atoms with Crippen LogP contribution in [0.4, 0.5) is 5.69 Å². The normalized spacial score (nSPS) is 9.69. The Morgan fingerprint density at radius 1 is 1.54 bits per heavy atom. The van der Waals surface area contributed by atoms with E-state index in [0.717, 1.165) is 0 Å². The van der Waals surface area contributed by atoms with Crippen molar-refractivity contribution in [1.29, 1.82) is 0 Å². The Morgan fingerprint density at radius 3 is 2.54 bits per heavy atom. The monoisotopic (exact) mass is 199 g/mol. The van der Waals surface area contributed by atoms with Crippen LogP contribution in [0.25, 0.3) is 0 Å². The van der Waals surface area contributed by atoms with E-state index in [1.807, 2.05) is 0 Å². The molecule has 0 aliphatic rings. The van der Waals surface area contributed by atoms with Crippen molar-refractivity contribution in [2.75, 3.05) is 0 Å². The van der Waals surface area contributed by atoms with Crippen LogP contribution in [0.3, 0.4) is 0 Å². The van der Waals surface area contributed by atoms with Crippen LogP contribution in [-0.2, 0) is 0 Å². The molecule has 13 heavy (non-hydrogen) atoms. The topological polar surface area (TPSA) is 60.2 Å². The Morgan fingerprint density at radius 2 is 2.15 bits per heavy atom. The SMILES string of the molecule is CC(=O)c1ccc([N+](=O)[O-])c(Cl)c1. The summed E-state index contributed by atoms with van der Waals surface area (Å²) in [6.07, 6.45) is 0. The summed E-state index contributed by atoms with van der Waals surface area (Å²) in [5.41, 5.74) is 0.183. The molecule has 0 saturated heterocycles. The second-order valence-corrected chi connectivity index (χ2v) is 2.89. The Bertz CT molecular complexity index is 376. The zero-order chi connectivity index (χ0) is 10.0. The predicted molar refractivity (Wildman–Crippen MR) is 48.1 cm³/mol. The number of rotatable bonds is 2. The molecule has 0 aliphatic carbocycles. The molecule has 68 valence electrons. The average Bonchev–Trinajstić information content (AvgIpc) is 2.03. The van der Waals surface area contributed by atoms with Crippen molar-refractivity contribution in [2.45, 2.75) is 6.92 Å². The van der Waals surface area contributed by atoms with Crippen LogP contribution in [-0.4, -0.2) is 10.7 Å². The number of nitro benzene ring substituents is 1. The summed E-state index contributed by atoms with van der Waals surface area (Å²) in [5.74, 6) is -0.170. The van der Waals surface area contributed by atoms with Gasteiger partial charge in [-0.05, 0) is 19.1 Å². The minimum absolute atomic E-state index is 0.0160. The van der Waals surface area contributed by atoms with Crippen molar-refractivity contribution in [3.05, 3.63) is 38.9 Å². The average molecular weight is 200 g/mol. The van der Waals surface area contributed by atoms with Gasteiger partial charge < -0.3 is 0 Å². The van der Waals surface area contributed by atoms with Crippen LogP contribution >= 0.6 is 11.6 Å². The summed E-state index contributed by atoms with van der Waals surface area (Å²) in [7, 11) is 0. The Kier molecular flexibility index (Phi) is 2.63. The Hall–Kier alpha value is -1.42. The Labute approximate surface area is 79.3 Å². The molecule has 0 bridgehead atoms. The van der Waals surface area contributed by atoms with Crippen molar-refractivity contribution >= 4 is 23.1 Å². The highest BCUT2D eigenvalue weighted by Gasteiger charge is 2.12. The van der Waals surface area contributed by atoms with Gasteiger partial charge in [-0.15, -0.1) is 0 Å². The van der Waals surface area contributed by atoms with Gasteiger partial charge in [0.1, 0.15) is 5.02 Å². The molecule has 1 rings (SSSR count). The van der Waals surface area contributed by atoms with E-state index in [9.17, 15) is 14.9 Å². The molecular weight excluding hydrogens is 194 g/mol. The molecule has 0 radical (unpaired) electrons. The summed E-state index contributed by atoms with van der Waals surface area (Å²) < 4.78 is 0. The first-order valence-electron chi connectivity index (χ1n) is 3.47. The molecule has 0 atom stereocenters. The fourth-order valence-corrected chi connectivity index (χ4v) is 1.12. The lowest BCUT2D eigenvalue weighted by Crippen LogP contribution is -1.94. The molecule has 1 aromatic carbocycles. The van der Waals surface area contributed by atoms with E-state index in [2.05, 4.69) is 0 Å². The Balaban J connectivity index is 3.20. The van der Waals surface area contributed by atoms with E-state index in [-0.39, 0.29) is 16.5 Å². The van der Waals surface area contributed by atoms with Gasteiger partial charge in [-0.2, -0.15) is 0 Å². The highest BCUT2D eigenvalue weighted by atomic mass is 35.5. The van der Waals surface area contributed by atoms with Gasteiger partial charge in [0.15, 0.2) is 5.78 Å². The second-order valence-electron chi connectivity index (χ2n) is 2.48. The van der Waals surface area contributed by atoms with E-state index >= 15 is 0 Å². The summed E-state index contributed by atoms with van der Waals surface area (Å²) in [6.45, 7) is 1.37. The molecule has 0 unspecified atom stereocenters. The summed E-state index contributed by atoms with van der Waals surface area (Å²) in [4.78, 5) is 20.6. The molecule has 0 fully saturated rings. The highest BCUT2D eigenvalue weighted by Crippen LogP contribution is 2.24. The number of nitrogens with zero attached hydrogens (tertiary/aromatic N) is 1. The number of nitro groups is 1. The molecule has 0 saturated carbocycles. The van der Waals surface area contributed by atoms with E-state index in [1.165, 1.54) is 25.1 Å². The van der Waals surface area contributed by atoms with Crippen LogP contribution in [0.2, 0.25) is 5.02 Å². The maximum Gasteiger partial charge on any atom is 0.287 e. The number of Topliss-reactive ketones (excluding diaryl/α,β-unsaturated/α-hetero) is 1. The first-order valence-corrected chi connectivity index (χ1v) is 3.85. The van der Waals surface area contributed by atoms with E-state index in [1.54, 1.807) is 0 Å². The van der Waals surface area contributed by atoms with Crippen LogP contribution in [0.1, 0.15) is 17.3 Å². The molecule has 0 heterocycles. The number of benzene rings is 1. The van der Waals surface area contributed by atoms with Crippen molar-refractivity contribution in [1.82, 2.24) is 0 Å². The number of carbonyl (C=O) groups is 1. The van der Waals surface area contributed by atoms with Crippen molar-refractivity contribution < 1.29 is 9.72 Å². The molecule has 0 N–H and O–H groups in total. The first kappa shape index (κ1) is 9.67. The van der Waals surface area contributed by atoms with E-state index in [4.69, 9.17) is 11.6 Å². The molecule has 5 heteroatoms. The lowest BCUT2D eigenvalue weighted by Gasteiger charge is -1.97. The maximum absolute atomic E-state index is 10.9. The zero-order valence-corrected chi connectivity index (χ0v) is 7.54. The van der Waals surface area contributed by atoms with E-state index in [0.29, 0.717) is 5.56 Å². The fraction of sp³-hybridized carbons (Fsp3) is 0.125. The molecule has 0 spiro atoms. The molecule has 0 aliphatic heterocycles. The number of hydrogen-bond acceptors (Lipinski definition) is 3. The quantitative estimate of drug-likeness (QED) is 0.418. The second kappa shape index (κ2) is 3.53. The van der Waals surface area contributed by atoms with Crippen molar-refractivity contribution in [2.24, 2.45) is 0 Å². The molecular formula is C8H6ClNO3.